The molecule has 1 aliphatic rings. The Bertz CT molecular complexity index is 710. The van der Waals surface area contributed by atoms with E-state index in [4.69, 9.17) is 4.74 Å². The largest absolute Gasteiger partial charge is 0.416 e. The van der Waals surface area contributed by atoms with Crippen molar-refractivity contribution in [2.75, 3.05) is 19.8 Å². The number of hydrogen-bond donors (Lipinski definition) is 2. The molecule has 0 spiro atoms. The molecule has 0 saturated carbocycles. The Labute approximate surface area is 138 Å². The molecule has 1 unspecified atom stereocenters. The Morgan fingerprint density at radius 3 is 2.67 bits per heavy atom. The average Bonchev–Trinajstić information content (AvgIpc) is 2.61. The molecule has 0 amide bonds. The first kappa shape index (κ1) is 17.0. The molecule has 6 heteroatoms. The third-order valence-corrected chi connectivity index (χ3v) is 4.12. The van der Waals surface area contributed by atoms with Crippen LogP contribution in [0.4, 0.5) is 13.2 Å². The molecule has 1 fully saturated rings. The van der Waals surface area contributed by atoms with Crippen molar-refractivity contribution < 1.29 is 23.0 Å². The number of hydrogen-bond acceptors (Lipinski definition) is 3. The fraction of sp³-hybridized carbons (Fsp3) is 0.333. The van der Waals surface area contributed by atoms with Gasteiger partial charge in [0, 0.05) is 6.54 Å². The molecule has 1 saturated heterocycles. The number of rotatable bonds is 3. The molecule has 2 aromatic carbocycles. The zero-order chi connectivity index (χ0) is 17.2. The van der Waals surface area contributed by atoms with Gasteiger partial charge in [-0.2, -0.15) is 13.2 Å². The maximum atomic E-state index is 12.8. The van der Waals surface area contributed by atoms with E-state index in [2.05, 4.69) is 5.32 Å². The topological polar surface area (TPSA) is 41.5 Å². The van der Waals surface area contributed by atoms with E-state index in [-0.39, 0.29) is 11.6 Å². The number of ether oxygens (including phenoxy) is 1. The van der Waals surface area contributed by atoms with Crippen molar-refractivity contribution in [3.63, 3.8) is 0 Å². The number of morpholine rings is 1. The second-order valence-corrected chi connectivity index (χ2v) is 5.73. The highest BCUT2D eigenvalue weighted by atomic mass is 19.4. The van der Waals surface area contributed by atoms with Crippen LogP contribution >= 0.6 is 0 Å². The lowest BCUT2D eigenvalue weighted by Gasteiger charge is -2.24. The molecule has 24 heavy (non-hydrogen) atoms. The summed E-state index contributed by atoms with van der Waals surface area (Å²) in [4.78, 5) is 0. The van der Waals surface area contributed by atoms with E-state index in [1.54, 1.807) is 0 Å². The van der Waals surface area contributed by atoms with E-state index >= 15 is 0 Å². The number of halogens is 3. The van der Waals surface area contributed by atoms with Gasteiger partial charge in [-0.15, -0.1) is 0 Å². The van der Waals surface area contributed by atoms with Crippen molar-refractivity contribution in [1.82, 2.24) is 5.32 Å². The van der Waals surface area contributed by atoms with Crippen molar-refractivity contribution in [2.45, 2.75) is 18.8 Å². The highest BCUT2D eigenvalue weighted by molar-refractivity contribution is 5.68. The molecule has 128 valence electrons. The van der Waals surface area contributed by atoms with Crippen LogP contribution in [-0.4, -0.2) is 24.9 Å². The Morgan fingerprint density at radius 1 is 1.17 bits per heavy atom. The lowest BCUT2D eigenvalue weighted by molar-refractivity contribution is -0.137. The summed E-state index contributed by atoms with van der Waals surface area (Å²) in [6.07, 6.45) is -4.42. The van der Waals surface area contributed by atoms with Crippen LogP contribution < -0.4 is 5.32 Å². The van der Waals surface area contributed by atoms with E-state index in [9.17, 15) is 18.3 Å². The van der Waals surface area contributed by atoms with E-state index in [0.717, 1.165) is 29.8 Å². The van der Waals surface area contributed by atoms with Gasteiger partial charge in [0.25, 0.3) is 0 Å². The quantitative estimate of drug-likeness (QED) is 0.900. The highest BCUT2D eigenvalue weighted by Gasteiger charge is 2.31. The van der Waals surface area contributed by atoms with E-state index in [0.29, 0.717) is 18.8 Å². The normalized spacial score (nSPS) is 18.6. The molecule has 1 aliphatic heterocycles. The molecule has 3 nitrogen and oxygen atoms in total. The molecule has 1 atom stereocenters. The third kappa shape index (κ3) is 3.61. The van der Waals surface area contributed by atoms with Gasteiger partial charge in [-0.25, -0.2) is 0 Å². The molecule has 0 bridgehead atoms. The zero-order valence-electron chi connectivity index (χ0n) is 12.9. The van der Waals surface area contributed by atoms with E-state index in [1.807, 2.05) is 24.3 Å². The fourth-order valence-corrected chi connectivity index (χ4v) is 2.88. The van der Waals surface area contributed by atoms with Crippen LogP contribution in [0.3, 0.4) is 0 Å². The fourth-order valence-electron chi connectivity index (χ4n) is 2.88. The summed E-state index contributed by atoms with van der Waals surface area (Å²) in [6, 6.07) is 11.1. The Morgan fingerprint density at radius 2 is 2.00 bits per heavy atom. The van der Waals surface area contributed by atoms with Gasteiger partial charge >= 0.3 is 6.18 Å². The molecule has 3 rings (SSSR count). The van der Waals surface area contributed by atoms with Crippen LogP contribution in [-0.2, 0) is 17.5 Å². The summed E-state index contributed by atoms with van der Waals surface area (Å²) in [6.45, 7) is 1.54. The van der Waals surface area contributed by atoms with Gasteiger partial charge in [-0.05, 0) is 40.5 Å². The number of alkyl halides is 3. The van der Waals surface area contributed by atoms with Crippen LogP contribution in [0.5, 0.6) is 0 Å². The van der Waals surface area contributed by atoms with Crippen LogP contribution in [0, 0.1) is 0 Å². The maximum absolute atomic E-state index is 12.8. The first-order valence-electron chi connectivity index (χ1n) is 7.71. The summed E-state index contributed by atoms with van der Waals surface area (Å²) in [5.41, 5.74) is 1.89. The maximum Gasteiger partial charge on any atom is 0.416 e. The molecule has 0 aromatic heterocycles. The van der Waals surface area contributed by atoms with Gasteiger partial charge in [0.1, 0.15) is 0 Å². The lowest BCUT2D eigenvalue weighted by atomic mass is 9.94. The van der Waals surface area contributed by atoms with Crippen molar-refractivity contribution in [3.8, 4) is 11.1 Å². The first-order chi connectivity index (χ1) is 11.5. The summed E-state index contributed by atoms with van der Waals surface area (Å²) in [5.74, 6) is 0. The summed E-state index contributed by atoms with van der Waals surface area (Å²) < 4.78 is 44.0. The Hall–Kier alpha value is -1.89. The molecule has 2 N–H and O–H groups in total. The summed E-state index contributed by atoms with van der Waals surface area (Å²) >= 11 is 0. The SMILES string of the molecule is OCc1cc(C(F)(F)F)ccc1-c1cccc(C2COCCN2)c1. The van der Waals surface area contributed by atoms with Gasteiger partial charge in [-0.1, -0.05) is 24.3 Å². The molecule has 0 aliphatic carbocycles. The first-order valence-corrected chi connectivity index (χ1v) is 7.71. The Kier molecular flexibility index (Phi) is 4.89. The second-order valence-electron chi connectivity index (χ2n) is 5.73. The average molecular weight is 337 g/mol. The monoisotopic (exact) mass is 337 g/mol. The molecular weight excluding hydrogens is 319 g/mol. The van der Waals surface area contributed by atoms with Crippen molar-refractivity contribution in [1.29, 1.82) is 0 Å². The highest BCUT2D eigenvalue weighted by Crippen LogP contribution is 2.34. The van der Waals surface area contributed by atoms with Gasteiger partial charge in [0.15, 0.2) is 0 Å². The number of aliphatic hydroxyl groups excluding tert-OH is 1. The van der Waals surface area contributed by atoms with E-state index < -0.39 is 18.3 Å². The summed E-state index contributed by atoms with van der Waals surface area (Å²) in [7, 11) is 0. The minimum atomic E-state index is -4.42. The van der Waals surface area contributed by atoms with Crippen molar-refractivity contribution in [3.05, 3.63) is 59.2 Å². The zero-order valence-corrected chi connectivity index (χ0v) is 12.9. The second kappa shape index (κ2) is 6.93. The van der Waals surface area contributed by atoms with Gasteiger partial charge in [0.2, 0.25) is 0 Å². The molecular formula is C18H18F3NO2. The molecule has 0 radical (unpaired) electrons. The molecule has 1 heterocycles. The standard InChI is InChI=1S/C18H18F3NO2/c19-18(20,21)15-4-5-16(14(9-15)10-23)12-2-1-3-13(8-12)17-11-24-7-6-22-17/h1-5,8-9,17,22-23H,6-7,10-11H2. The van der Waals surface area contributed by atoms with E-state index in [1.165, 1.54) is 6.07 Å². The predicted molar refractivity (Wildman–Crippen MR) is 84.4 cm³/mol. The summed E-state index contributed by atoms with van der Waals surface area (Å²) in [5, 5.41) is 12.8. The van der Waals surface area contributed by atoms with Crippen LogP contribution in [0.15, 0.2) is 42.5 Å². The molecule has 2 aromatic rings. The van der Waals surface area contributed by atoms with Gasteiger partial charge < -0.3 is 15.2 Å². The number of benzene rings is 2. The van der Waals surface area contributed by atoms with Gasteiger partial charge in [-0.3, -0.25) is 0 Å². The number of aliphatic hydroxyl groups is 1. The minimum Gasteiger partial charge on any atom is -0.392 e. The van der Waals surface area contributed by atoms with Crippen LogP contribution in [0.25, 0.3) is 11.1 Å². The smallest absolute Gasteiger partial charge is 0.392 e. The van der Waals surface area contributed by atoms with Crippen molar-refractivity contribution in [2.24, 2.45) is 0 Å². The van der Waals surface area contributed by atoms with Gasteiger partial charge in [0.05, 0.1) is 31.4 Å². The number of nitrogens with one attached hydrogen (secondary N) is 1. The Balaban J connectivity index is 1.96. The van der Waals surface area contributed by atoms with Crippen molar-refractivity contribution >= 4 is 0 Å². The third-order valence-electron chi connectivity index (χ3n) is 4.12. The van der Waals surface area contributed by atoms with Crippen LogP contribution in [0.2, 0.25) is 0 Å². The minimum absolute atomic E-state index is 0.0609. The predicted octanol–water partition coefficient (Wildman–Crippen LogP) is 3.53. The van der Waals surface area contributed by atoms with Crippen LogP contribution in [0.1, 0.15) is 22.7 Å². The lowest BCUT2D eigenvalue weighted by Crippen LogP contribution is -2.34.